The van der Waals surface area contributed by atoms with Gasteiger partial charge < -0.3 is 15.0 Å². The van der Waals surface area contributed by atoms with Gasteiger partial charge in [0.1, 0.15) is 12.3 Å². The number of amides is 1. The van der Waals surface area contributed by atoms with Crippen LogP contribution < -0.4 is 5.32 Å². The highest BCUT2D eigenvalue weighted by atomic mass is 19.1. The van der Waals surface area contributed by atoms with Gasteiger partial charge in [-0.2, -0.15) is 0 Å². The number of nitrogens with one attached hydrogen (secondary N) is 1. The van der Waals surface area contributed by atoms with E-state index in [1.165, 1.54) is 0 Å². The van der Waals surface area contributed by atoms with Crippen LogP contribution in [0.1, 0.15) is 20.8 Å². The first kappa shape index (κ1) is 12.2. The van der Waals surface area contributed by atoms with E-state index in [0.717, 1.165) is 0 Å². The normalized spacial score (nSPS) is 17.5. The molecule has 1 amide bonds. The molecule has 1 N–H and O–H groups in total. The maximum absolute atomic E-state index is 11.8. The average molecular weight is 218 g/mol. The highest BCUT2D eigenvalue weighted by Gasteiger charge is 2.32. The van der Waals surface area contributed by atoms with Gasteiger partial charge >= 0.3 is 6.09 Å². The quantitative estimate of drug-likeness (QED) is 0.773. The van der Waals surface area contributed by atoms with E-state index in [2.05, 4.69) is 5.32 Å². The summed E-state index contributed by atoms with van der Waals surface area (Å²) in [5.41, 5.74) is -0.450. The Hall–Kier alpha value is -0.840. The fourth-order valence-electron chi connectivity index (χ4n) is 1.34. The summed E-state index contributed by atoms with van der Waals surface area (Å²) >= 11 is 0. The van der Waals surface area contributed by atoms with Gasteiger partial charge in [-0.3, -0.25) is 0 Å². The van der Waals surface area contributed by atoms with E-state index in [1.54, 1.807) is 4.90 Å². The van der Waals surface area contributed by atoms with Crippen molar-refractivity contribution in [1.82, 2.24) is 10.2 Å². The van der Waals surface area contributed by atoms with Crippen LogP contribution in [0, 0.1) is 0 Å². The molecule has 1 aliphatic rings. The third-order valence-corrected chi connectivity index (χ3v) is 2.06. The van der Waals surface area contributed by atoms with E-state index in [-0.39, 0.29) is 18.8 Å². The van der Waals surface area contributed by atoms with Crippen molar-refractivity contribution in [3.63, 3.8) is 0 Å². The first-order chi connectivity index (χ1) is 6.92. The van der Waals surface area contributed by atoms with E-state index < -0.39 is 5.60 Å². The van der Waals surface area contributed by atoms with Crippen molar-refractivity contribution in [2.45, 2.75) is 32.4 Å². The molecule has 0 aromatic carbocycles. The van der Waals surface area contributed by atoms with Crippen LogP contribution in [-0.4, -0.2) is 48.9 Å². The van der Waals surface area contributed by atoms with Crippen molar-refractivity contribution in [1.29, 1.82) is 0 Å². The van der Waals surface area contributed by atoms with Crippen LogP contribution in [-0.2, 0) is 4.74 Å². The molecule has 5 heteroatoms. The maximum Gasteiger partial charge on any atom is 0.410 e. The number of likely N-dealkylation sites (tertiary alicyclic amines) is 1. The highest BCUT2D eigenvalue weighted by molar-refractivity contribution is 5.69. The van der Waals surface area contributed by atoms with Crippen LogP contribution in [0.25, 0.3) is 0 Å². The Balaban J connectivity index is 2.18. The summed E-state index contributed by atoms with van der Waals surface area (Å²) in [6.45, 7) is 6.70. The van der Waals surface area contributed by atoms with Gasteiger partial charge in [-0.1, -0.05) is 0 Å². The lowest BCUT2D eigenvalue weighted by Gasteiger charge is -2.40. The van der Waals surface area contributed by atoms with Crippen LogP contribution >= 0.6 is 0 Å². The van der Waals surface area contributed by atoms with Crippen LogP contribution in [0.15, 0.2) is 0 Å². The number of ether oxygens (including phenoxy) is 1. The van der Waals surface area contributed by atoms with E-state index in [9.17, 15) is 9.18 Å². The monoisotopic (exact) mass is 218 g/mol. The Kier molecular flexibility index (Phi) is 3.90. The van der Waals surface area contributed by atoms with Crippen molar-refractivity contribution >= 4 is 6.09 Å². The Morgan fingerprint density at radius 3 is 2.60 bits per heavy atom. The fraction of sp³-hybridized carbons (Fsp3) is 0.900. The zero-order valence-electron chi connectivity index (χ0n) is 9.55. The molecule has 0 spiro atoms. The van der Waals surface area contributed by atoms with Gasteiger partial charge in [0, 0.05) is 25.7 Å². The van der Waals surface area contributed by atoms with Gasteiger partial charge in [0.05, 0.1) is 0 Å². The lowest BCUT2D eigenvalue weighted by molar-refractivity contribution is 0.00530. The molecular weight excluding hydrogens is 199 g/mol. The largest absolute Gasteiger partial charge is 0.444 e. The van der Waals surface area contributed by atoms with Gasteiger partial charge in [0.25, 0.3) is 0 Å². The minimum absolute atomic E-state index is 0.216. The molecule has 1 fully saturated rings. The van der Waals surface area contributed by atoms with E-state index in [0.29, 0.717) is 19.6 Å². The summed E-state index contributed by atoms with van der Waals surface area (Å²) in [5, 5.41) is 2.99. The van der Waals surface area contributed by atoms with Crippen molar-refractivity contribution in [3.8, 4) is 0 Å². The number of nitrogens with zero attached hydrogens (tertiary/aromatic N) is 1. The minimum Gasteiger partial charge on any atom is -0.444 e. The Morgan fingerprint density at radius 1 is 1.53 bits per heavy atom. The van der Waals surface area contributed by atoms with Crippen molar-refractivity contribution in [2.75, 3.05) is 26.3 Å². The second kappa shape index (κ2) is 4.79. The molecule has 1 saturated heterocycles. The standard InChI is InChI=1S/C10H19FN2O2/c1-10(2,3)15-9(14)13-6-8(7-13)12-5-4-11/h8,12H,4-7H2,1-3H3. The smallest absolute Gasteiger partial charge is 0.410 e. The molecule has 0 unspecified atom stereocenters. The minimum atomic E-state index is -0.450. The molecular formula is C10H19FN2O2. The van der Waals surface area contributed by atoms with E-state index in [4.69, 9.17) is 4.74 Å². The molecule has 0 aliphatic carbocycles. The number of carbonyl (C=O) groups excluding carboxylic acids is 1. The molecule has 0 bridgehead atoms. The predicted molar refractivity (Wildman–Crippen MR) is 55.6 cm³/mol. The molecule has 0 aromatic rings. The lowest BCUT2D eigenvalue weighted by atomic mass is 10.1. The SMILES string of the molecule is CC(C)(C)OC(=O)N1CC(NCCF)C1. The average Bonchev–Trinajstić information content (AvgIpc) is 1.98. The first-order valence-electron chi connectivity index (χ1n) is 5.19. The second-order valence-corrected chi connectivity index (χ2v) is 4.73. The summed E-state index contributed by atoms with van der Waals surface area (Å²) in [6, 6.07) is 0.216. The Labute approximate surface area is 89.8 Å². The number of hydrogen-bond donors (Lipinski definition) is 1. The number of alkyl halides is 1. The van der Waals surface area contributed by atoms with Gasteiger partial charge in [-0.25, -0.2) is 9.18 Å². The first-order valence-corrected chi connectivity index (χ1v) is 5.19. The van der Waals surface area contributed by atoms with Crippen LogP contribution in [0.4, 0.5) is 9.18 Å². The van der Waals surface area contributed by atoms with Gasteiger partial charge in [0.2, 0.25) is 0 Å². The molecule has 1 heterocycles. The Bertz CT molecular complexity index is 222. The molecule has 15 heavy (non-hydrogen) atoms. The third-order valence-electron chi connectivity index (χ3n) is 2.06. The predicted octanol–water partition coefficient (Wildman–Crippen LogP) is 1.16. The van der Waals surface area contributed by atoms with Crippen molar-refractivity contribution < 1.29 is 13.9 Å². The van der Waals surface area contributed by atoms with Crippen molar-refractivity contribution in [2.24, 2.45) is 0 Å². The number of rotatable bonds is 3. The van der Waals surface area contributed by atoms with Gasteiger partial charge in [0.15, 0.2) is 0 Å². The van der Waals surface area contributed by atoms with E-state index in [1.807, 2.05) is 20.8 Å². The summed E-state index contributed by atoms with van der Waals surface area (Å²) in [4.78, 5) is 13.1. The molecule has 88 valence electrons. The van der Waals surface area contributed by atoms with Gasteiger partial charge in [-0.05, 0) is 20.8 Å². The number of carbonyl (C=O) groups is 1. The maximum atomic E-state index is 11.8. The summed E-state index contributed by atoms with van der Waals surface area (Å²) in [7, 11) is 0. The molecule has 0 atom stereocenters. The number of hydrogen-bond acceptors (Lipinski definition) is 3. The summed E-state index contributed by atoms with van der Waals surface area (Å²) in [6.07, 6.45) is -0.291. The summed E-state index contributed by atoms with van der Waals surface area (Å²) in [5.74, 6) is 0. The molecule has 4 nitrogen and oxygen atoms in total. The lowest BCUT2D eigenvalue weighted by Crippen LogP contribution is -2.60. The molecule has 1 aliphatic heterocycles. The molecule has 0 saturated carbocycles. The van der Waals surface area contributed by atoms with Crippen LogP contribution in [0.3, 0.4) is 0 Å². The van der Waals surface area contributed by atoms with Crippen LogP contribution in [0.5, 0.6) is 0 Å². The fourth-order valence-corrected chi connectivity index (χ4v) is 1.34. The zero-order valence-corrected chi connectivity index (χ0v) is 9.55. The molecule has 1 rings (SSSR count). The molecule has 0 radical (unpaired) electrons. The van der Waals surface area contributed by atoms with Gasteiger partial charge in [-0.15, -0.1) is 0 Å². The highest BCUT2D eigenvalue weighted by Crippen LogP contribution is 2.14. The van der Waals surface area contributed by atoms with Crippen LogP contribution in [0.2, 0.25) is 0 Å². The number of halogens is 1. The zero-order chi connectivity index (χ0) is 11.5. The Morgan fingerprint density at radius 2 is 2.13 bits per heavy atom. The third kappa shape index (κ3) is 4.03. The van der Waals surface area contributed by atoms with E-state index >= 15 is 0 Å². The second-order valence-electron chi connectivity index (χ2n) is 4.73. The summed E-state index contributed by atoms with van der Waals surface area (Å²) < 4.78 is 17.0. The topological polar surface area (TPSA) is 41.6 Å². The molecule has 0 aromatic heterocycles. The van der Waals surface area contributed by atoms with Crippen molar-refractivity contribution in [3.05, 3.63) is 0 Å².